The summed E-state index contributed by atoms with van der Waals surface area (Å²) in [6.07, 6.45) is 2.73. The summed E-state index contributed by atoms with van der Waals surface area (Å²) in [6, 6.07) is 4.44. The molecule has 2 rings (SSSR count). The molecule has 2 atom stereocenters. The Labute approximate surface area is 133 Å². The van der Waals surface area contributed by atoms with Gasteiger partial charge in [0.05, 0.1) is 4.92 Å². The normalized spacial score (nSPS) is 18.3. The summed E-state index contributed by atoms with van der Waals surface area (Å²) in [5.41, 5.74) is -0.0892. The second-order valence-corrected chi connectivity index (χ2v) is 7.66. The molecule has 1 saturated carbocycles. The van der Waals surface area contributed by atoms with Crippen LogP contribution in [0.5, 0.6) is 5.75 Å². The van der Waals surface area contributed by atoms with Crippen LogP contribution in [0.3, 0.4) is 0 Å². The van der Waals surface area contributed by atoms with Crippen LogP contribution in [0.4, 0.5) is 5.69 Å². The standard InChI is InChI=1S/C14H19N2O6P/c1-10(14(17)21-12-4-3-5-12)15-23(2,20)22-13-8-6-11(7-9-13)16(18)19/h6-10,12H,3-5H2,1-2H3,(H,15,20)/t10-,23?/m0/s1. The van der Waals surface area contributed by atoms with E-state index >= 15 is 0 Å². The number of esters is 1. The van der Waals surface area contributed by atoms with E-state index in [1.165, 1.54) is 30.9 Å². The monoisotopic (exact) mass is 342 g/mol. The zero-order chi connectivity index (χ0) is 17.0. The topological polar surface area (TPSA) is 108 Å². The Bertz CT molecular complexity index is 629. The molecule has 1 aliphatic rings. The molecule has 1 fully saturated rings. The van der Waals surface area contributed by atoms with Gasteiger partial charge in [-0.2, -0.15) is 0 Å². The Hall–Kier alpha value is -1.92. The predicted molar refractivity (Wildman–Crippen MR) is 83.6 cm³/mol. The van der Waals surface area contributed by atoms with Crippen LogP contribution in [0.1, 0.15) is 26.2 Å². The van der Waals surface area contributed by atoms with Gasteiger partial charge in [0, 0.05) is 18.8 Å². The molecule has 0 spiro atoms. The second kappa shape index (κ2) is 7.10. The van der Waals surface area contributed by atoms with Gasteiger partial charge in [-0.15, -0.1) is 0 Å². The van der Waals surface area contributed by atoms with E-state index in [9.17, 15) is 19.5 Å². The molecule has 126 valence electrons. The quantitative estimate of drug-likeness (QED) is 0.351. The molecule has 0 aromatic heterocycles. The molecule has 1 aromatic rings. The largest absolute Gasteiger partial charge is 0.461 e. The zero-order valence-electron chi connectivity index (χ0n) is 12.9. The average Bonchev–Trinajstić information content (AvgIpc) is 2.42. The number of rotatable bonds is 7. The lowest BCUT2D eigenvalue weighted by molar-refractivity contribution is -0.384. The lowest BCUT2D eigenvalue weighted by atomic mass is 9.96. The number of carbonyl (C=O) groups excluding carboxylic acids is 1. The Morgan fingerprint density at radius 2 is 2.00 bits per heavy atom. The first-order valence-corrected chi connectivity index (χ1v) is 9.34. The van der Waals surface area contributed by atoms with Gasteiger partial charge in [0.15, 0.2) is 0 Å². The number of nitrogens with one attached hydrogen (secondary N) is 1. The highest BCUT2D eigenvalue weighted by Gasteiger charge is 2.29. The van der Waals surface area contributed by atoms with Gasteiger partial charge in [0.1, 0.15) is 17.9 Å². The minimum atomic E-state index is -3.32. The van der Waals surface area contributed by atoms with Crippen molar-refractivity contribution in [2.45, 2.75) is 38.3 Å². The Balaban J connectivity index is 1.90. The molecule has 9 heteroatoms. The number of benzene rings is 1. The predicted octanol–water partition coefficient (Wildman–Crippen LogP) is 2.87. The molecular weight excluding hydrogens is 323 g/mol. The van der Waals surface area contributed by atoms with Gasteiger partial charge in [-0.3, -0.25) is 19.5 Å². The Kier molecular flexibility index (Phi) is 5.38. The molecule has 0 heterocycles. The lowest BCUT2D eigenvalue weighted by Gasteiger charge is -2.27. The van der Waals surface area contributed by atoms with Crippen molar-refractivity contribution in [2.75, 3.05) is 6.66 Å². The molecule has 8 nitrogen and oxygen atoms in total. The van der Waals surface area contributed by atoms with Crippen molar-refractivity contribution < 1.29 is 23.5 Å². The van der Waals surface area contributed by atoms with E-state index in [4.69, 9.17) is 9.26 Å². The lowest BCUT2D eigenvalue weighted by Crippen LogP contribution is -2.37. The molecular formula is C14H19N2O6P. The third-order valence-corrected chi connectivity index (χ3v) is 4.86. The summed E-state index contributed by atoms with van der Waals surface area (Å²) >= 11 is 0. The first kappa shape index (κ1) is 17.4. The number of non-ortho nitro benzene ring substituents is 1. The molecule has 0 radical (unpaired) electrons. The summed E-state index contributed by atoms with van der Waals surface area (Å²) in [5.74, 6) is -0.252. The second-order valence-electron chi connectivity index (χ2n) is 5.53. The van der Waals surface area contributed by atoms with Crippen molar-refractivity contribution in [1.82, 2.24) is 5.09 Å². The maximum Gasteiger partial charge on any atom is 0.323 e. The zero-order valence-corrected chi connectivity index (χ0v) is 13.8. The summed E-state index contributed by atoms with van der Waals surface area (Å²) in [6.45, 7) is 2.89. The summed E-state index contributed by atoms with van der Waals surface area (Å²) < 4.78 is 23.0. The van der Waals surface area contributed by atoms with E-state index in [-0.39, 0.29) is 17.5 Å². The van der Waals surface area contributed by atoms with E-state index in [1.807, 2.05) is 0 Å². The van der Waals surface area contributed by atoms with Gasteiger partial charge in [-0.25, -0.2) is 5.09 Å². The van der Waals surface area contributed by atoms with Gasteiger partial charge in [-0.05, 0) is 38.3 Å². The minimum Gasteiger partial charge on any atom is -0.461 e. The maximum absolute atomic E-state index is 12.4. The molecule has 1 aliphatic carbocycles. The number of nitro benzene ring substituents is 1. The fourth-order valence-corrected chi connectivity index (χ4v) is 3.40. The number of nitro groups is 1. The van der Waals surface area contributed by atoms with Crippen LogP contribution in [0.2, 0.25) is 0 Å². The highest BCUT2D eigenvalue weighted by molar-refractivity contribution is 7.56. The van der Waals surface area contributed by atoms with Gasteiger partial charge >= 0.3 is 13.5 Å². The van der Waals surface area contributed by atoms with Crippen molar-refractivity contribution in [1.29, 1.82) is 0 Å². The van der Waals surface area contributed by atoms with Crippen LogP contribution in [0.25, 0.3) is 0 Å². The van der Waals surface area contributed by atoms with Crippen molar-refractivity contribution in [3.8, 4) is 5.75 Å². The van der Waals surface area contributed by atoms with Gasteiger partial charge in [-0.1, -0.05) is 0 Å². The fraction of sp³-hybridized carbons (Fsp3) is 0.500. The molecule has 0 bridgehead atoms. The first-order chi connectivity index (χ1) is 10.8. The van der Waals surface area contributed by atoms with E-state index in [1.54, 1.807) is 6.92 Å². The third-order valence-electron chi connectivity index (χ3n) is 3.44. The minimum absolute atomic E-state index is 0.0430. The number of ether oxygens (including phenoxy) is 1. The van der Waals surface area contributed by atoms with Crippen molar-refractivity contribution in [3.05, 3.63) is 34.4 Å². The van der Waals surface area contributed by atoms with Crippen LogP contribution in [0, 0.1) is 10.1 Å². The van der Waals surface area contributed by atoms with Gasteiger partial charge in [0.2, 0.25) is 0 Å². The molecule has 1 N–H and O–H groups in total. The van der Waals surface area contributed by atoms with Crippen LogP contribution in [-0.2, 0) is 14.1 Å². The Morgan fingerprint density at radius 1 is 1.39 bits per heavy atom. The molecule has 0 aliphatic heterocycles. The van der Waals surface area contributed by atoms with Gasteiger partial charge in [0.25, 0.3) is 5.69 Å². The number of hydrogen-bond acceptors (Lipinski definition) is 6. The maximum atomic E-state index is 12.4. The van der Waals surface area contributed by atoms with Crippen LogP contribution in [-0.4, -0.2) is 29.7 Å². The summed E-state index contributed by atoms with van der Waals surface area (Å²) in [4.78, 5) is 21.9. The summed E-state index contributed by atoms with van der Waals surface area (Å²) in [5, 5.41) is 13.2. The molecule has 0 amide bonds. The molecule has 1 aromatic carbocycles. The van der Waals surface area contributed by atoms with Crippen molar-refractivity contribution >= 4 is 19.2 Å². The third kappa shape index (κ3) is 5.04. The van der Waals surface area contributed by atoms with E-state index in [0.29, 0.717) is 0 Å². The van der Waals surface area contributed by atoms with Crippen molar-refractivity contribution in [2.24, 2.45) is 0 Å². The van der Waals surface area contributed by atoms with Crippen LogP contribution < -0.4 is 9.61 Å². The van der Waals surface area contributed by atoms with E-state index in [2.05, 4.69) is 5.09 Å². The number of nitrogens with zero attached hydrogens (tertiary/aromatic N) is 1. The fourth-order valence-electron chi connectivity index (χ4n) is 2.02. The average molecular weight is 342 g/mol. The number of hydrogen-bond donors (Lipinski definition) is 1. The summed E-state index contributed by atoms with van der Waals surface area (Å²) in [7, 11) is -3.32. The van der Waals surface area contributed by atoms with Gasteiger partial charge < -0.3 is 9.26 Å². The van der Waals surface area contributed by atoms with Crippen LogP contribution in [0.15, 0.2) is 24.3 Å². The molecule has 1 unspecified atom stereocenters. The highest BCUT2D eigenvalue weighted by Crippen LogP contribution is 2.40. The van der Waals surface area contributed by atoms with Crippen LogP contribution >= 0.6 is 7.52 Å². The number of carbonyl (C=O) groups is 1. The van der Waals surface area contributed by atoms with Crippen molar-refractivity contribution in [3.63, 3.8) is 0 Å². The van der Waals surface area contributed by atoms with E-state index < -0.39 is 24.5 Å². The molecule has 0 saturated heterocycles. The molecule has 23 heavy (non-hydrogen) atoms. The SMILES string of the molecule is C[C@H](NP(C)(=O)Oc1ccc([N+](=O)[O-])cc1)C(=O)OC1CCC1. The Morgan fingerprint density at radius 3 is 2.48 bits per heavy atom. The smallest absolute Gasteiger partial charge is 0.323 e. The van der Waals surface area contributed by atoms with E-state index in [0.717, 1.165) is 19.3 Å². The highest BCUT2D eigenvalue weighted by atomic mass is 31.2. The first-order valence-electron chi connectivity index (χ1n) is 7.27.